The summed E-state index contributed by atoms with van der Waals surface area (Å²) in [7, 11) is 1.71. The van der Waals surface area contributed by atoms with Crippen LogP contribution in [0.5, 0.6) is 5.75 Å². The molecule has 4 saturated carbocycles. The van der Waals surface area contributed by atoms with Crippen molar-refractivity contribution >= 4 is 15.9 Å². The van der Waals surface area contributed by atoms with Gasteiger partial charge in [0.25, 0.3) is 0 Å². The van der Waals surface area contributed by atoms with Crippen molar-refractivity contribution in [3.05, 3.63) is 52.0 Å². The van der Waals surface area contributed by atoms with Gasteiger partial charge in [0, 0.05) is 28.1 Å². The van der Waals surface area contributed by atoms with Crippen molar-refractivity contribution in [3.8, 4) is 16.9 Å². The standard InChI is InChI=1S/C28H35BrO2/c1-27(2,3)23-13-22(21-8-6-5-7-9-21)26(31-17-30-4)24(25(23)29)28-14-18-10-19(15-28)12-20(11-18)16-28/h5-9,13,18-20H,10-12,14-17H2,1-4H3. The van der Waals surface area contributed by atoms with E-state index in [1.54, 1.807) is 7.11 Å². The summed E-state index contributed by atoms with van der Waals surface area (Å²) in [5.41, 5.74) is 5.49. The second kappa shape index (κ2) is 7.92. The lowest BCUT2D eigenvalue weighted by atomic mass is 9.47. The Bertz CT molecular complexity index is 922. The Hall–Kier alpha value is -1.32. The minimum Gasteiger partial charge on any atom is -0.467 e. The third-order valence-electron chi connectivity index (χ3n) is 8.00. The highest BCUT2D eigenvalue weighted by Crippen LogP contribution is 2.64. The highest BCUT2D eigenvalue weighted by Gasteiger charge is 2.53. The Morgan fingerprint density at radius 1 is 0.968 bits per heavy atom. The summed E-state index contributed by atoms with van der Waals surface area (Å²) in [4.78, 5) is 0. The van der Waals surface area contributed by atoms with Gasteiger partial charge in [-0.15, -0.1) is 0 Å². The van der Waals surface area contributed by atoms with Gasteiger partial charge in [-0.05, 0) is 78.9 Å². The maximum atomic E-state index is 6.46. The van der Waals surface area contributed by atoms with Crippen LogP contribution in [0, 0.1) is 17.8 Å². The maximum Gasteiger partial charge on any atom is 0.188 e. The van der Waals surface area contributed by atoms with E-state index >= 15 is 0 Å². The van der Waals surface area contributed by atoms with E-state index in [1.165, 1.54) is 65.3 Å². The van der Waals surface area contributed by atoms with E-state index in [-0.39, 0.29) is 17.6 Å². The number of methoxy groups -OCH3 is 1. The fraction of sp³-hybridized carbons (Fsp3) is 0.571. The molecule has 0 atom stereocenters. The Morgan fingerprint density at radius 3 is 2.06 bits per heavy atom. The van der Waals surface area contributed by atoms with Gasteiger partial charge < -0.3 is 9.47 Å². The van der Waals surface area contributed by atoms with Crippen LogP contribution in [0.25, 0.3) is 11.1 Å². The van der Waals surface area contributed by atoms with Crippen LogP contribution in [-0.4, -0.2) is 13.9 Å². The molecule has 0 heterocycles. The van der Waals surface area contributed by atoms with Gasteiger partial charge in [-0.3, -0.25) is 0 Å². The van der Waals surface area contributed by atoms with Crippen LogP contribution in [0.4, 0.5) is 0 Å². The smallest absolute Gasteiger partial charge is 0.188 e. The van der Waals surface area contributed by atoms with Crippen LogP contribution >= 0.6 is 15.9 Å². The zero-order valence-corrected chi connectivity index (χ0v) is 20.9. The molecule has 0 amide bonds. The average Bonchev–Trinajstić information content (AvgIpc) is 2.70. The highest BCUT2D eigenvalue weighted by molar-refractivity contribution is 9.10. The van der Waals surface area contributed by atoms with Crippen LogP contribution in [-0.2, 0) is 15.6 Å². The second-order valence-electron chi connectivity index (χ2n) is 11.4. The Labute approximate surface area is 195 Å². The van der Waals surface area contributed by atoms with Gasteiger partial charge in [0.05, 0.1) is 0 Å². The Morgan fingerprint density at radius 2 is 1.55 bits per heavy atom. The van der Waals surface area contributed by atoms with Crippen LogP contribution in [0.1, 0.15) is 70.4 Å². The predicted octanol–water partition coefficient (Wildman–Crippen LogP) is 7.86. The normalized spacial score (nSPS) is 29.4. The van der Waals surface area contributed by atoms with Gasteiger partial charge in [-0.1, -0.05) is 67.0 Å². The molecule has 31 heavy (non-hydrogen) atoms. The van der Waals surface area contributed by atoms with Gasteiger partial charge in [0.15, 0.2) is 6.79 Å². The molecule has 0 spiro atoms. The summed E-state index contributed by atoms with van der Waals surface area (Å²) in [6.45, 7) is 7.24. The second-order valence-corrected chi connectivity index (χ2v) is 12.1. The fourth-order valence-corrected chi connectivity index (χ4v) is 8.49. The first-order chi connectivity index (χ1) is 14.8. The number of benzene rings is 2. The first kappa shape index (κ1) is 21.5. The van der Waals surface area contributed by atoms with Crippen LogP contribution in [0.2, 0.25) is 0 Å². The van der Waals surface area contributed by atoms with Crippen molar-refractivity contribution in [1.82, 2.24) is 0 Å². The molecule has 6 rings (SSSR count). The van der Waals surface area contributed by atoms with Crippen LogP contribution in [0.15, 0.2) is 40.9 Å². The molecule has 0 aliphatic heterocycles. The van der Waals surface area contributed by atoms with Crippen molar-refractivity contribution in [2.45, 2.75) is 70.1 Å². The number of rotatable bonds is 5. The molecule has 0 aromatic heterocycles. The monoisotopic (exact) mass is 482 g/mol. The minimum absolute atomic E-state index is 0.0409. The van der Waals surface area contributed by atoms with Gasteiger partial charge in [-0.25, -0.2) is 0 Å². The first-order valence-corrected chi connectivity index (χ1v) is 12.6. The number of ether oxygens (including phenoxy) is 2. The molecule has 0 radical (unpaired) electrons. The largest absolute Gasteiger partial charge is 0.467 e. The number of hydrogen-bond acceptors (Lipinski definition) is 2. The lowest BCUT2D eigenvalue weighted by Gasteiger charge is -2.57. The molecular formula is C28H35BrO2. The van der Waals surface area contributed by atoms with Gasteiger partial charge >= 0.3 is 0 Å². The molecule has 2 nitrogen and oxygen atoms in total. The number of hydrogen-bond donors (Lipinski definition) is 0. The first-order valence-electron chi connectivity index (χ1n) is 11.9. The van der Waals surface area contributed by atoms with Crippen molar-refractivity contribution < 1.29 is 9.47 Å². The van der Waals surface area contributed by atoms with Crippen molar-refractivity contribution in [1.29, 1.82) is 0 Å². The summed E-state index contributed by atoms with van der Waals surface area (Å²) in [5.74, 6) is 3.68. The minimum atomic E-state index is 0.0409. The van der Waals surface area contributed by atoms with Crippen molar-refractivity contribution in [2.24, 2.45) is 17.8 Å². The summed E-state index contributed by atoms with van der Waals surface area (Å²) in [6.07, 6.45) is 8.25. The van der Waals surface area contributed by atoms with Gasteiger partial charge in [0.1, 0.15) is 5.75 Å². The molecule has 166 valence electrons. The maximum absolute atomic E-state index is 6.46. The molecule has 2 aromatic rings. The van der Waals surface area contributed by atoms with Crippen LogP contribution in [0.3, 0.4) is 0 Å². The van der Waals surface area contributed by atoms with Gasteiger partial charge in [-0.2, -0.15) is 0 Å². The Balaban J connectivity index is 1.78. The van der Waals surface area contributed by atoms with E-state index in [0.29, 0.717) is 0 Å². The molecule has 4 fully saturated rings. The SMILES string of the molecule is COCOc1c(-c2ccccc2)cc(C(C)(C)C)c(Br)c1C12CC3CC(CC(C3)C1)C2. The fourth-order valence-electron chi connectivity index (χ4n) is 7.18. The summed E-state index contributed by atoms with van der Waals surface area (Å²) in [6, 6.07) is 13.1. The molecule has 4 bridgehead atoms. The lowest BCUT2D eigenvalue weighted by Crippen LogP contribution is -2.49. The number of halogens is 1. The van der Waals surface area contributed by atoms with E-state index in [1.807, 2.05) is 0 Å². The highest BCUT2D eigenvalue weighted by atomic mass is 79.9. The zero-order valence-electron chi connectivity index (χ0n) is 19.3. The van der Waals surface area contributed by atoms with Crippen molar-refractivity contribution in [2.75, 3.05) is 13.9 Å². The molecule has 0 N–H and O–H groups in total. The van der Waals surface area contributed by atoms with E-state index in [0.717, 1.165) is 23.5 Å². The third kappa shape index (κ3) is 3.76. The Kier molecular flexibility index (Phi) is 5.50. The van der Waals surface area contributed by atoms with E-state index in [4.69, 9.17) is 9.47 Å². The van der Waals surface area contributed by atoms with Crippen molar-refractivity contribution in [3.63, 3.8) is 0 Å². The summed E-state index contributed by atoms with van der Waals surface area (Å²) in [5, 5.41) is 0. The lowest BCUT2D eigenvalue weighted by molar-refractivity contribution is -0.00919. The van der Waals surface area contributed by atoms with E-state index in [9.17, 15) is 0 Å². The quantitative estimate of drug-likeness (QED) is 0.403. The zero-order chi connectivity index (χ0) is 21.8. The summed E-state index contributed by atoms with van der Waals surface area (Å²) < 4.78 is 13.1. The van der Waals surface area contributed by atoms with E-state index < -0.39 is 0 Å². The average molecular weight is 483 g/mol. The molecule has 0 unspecified atom stereocenters. The third-order valence-corrected chi connectivity index (χ3v) is 8.82. The topological polar surface area (TPSA) is 18.5 Å². The van der Waals surface area contributed by atoms with E-state index in [2.05, 4.69) is 73.1 Å². The predicted molar refractivity (Wildman–Crippen MR) is 131 cm³/mol. The summed E-state index contributed by atoms with van der Waals surface area (Å²) >= 11 is 4.14. The molecule has 2 aromatic carbocycles. The molecule has 0 saturated heterocycles. The molecule has 4 aliphatic carbocycles. The molecule has 4 aliphatic rings. The van der Waals surface area contributed by atoms with Gasteiger partial charge in [0.2, 0.25) is 0 Å². The van der Waals surface area contributed by atoms with Crippen LogP contribution < -0.4 is 4.74 Å². The molecule has 3 heteroatoms. The molecular weight excluding hydrogens is 448 g/mol.